The minimum absolute atomic E-state index is 0. The zero-order chi connectivity index (χ0) is 29.1. The van der Waals surface area contributed by atoms with Gasteiger partial charge in [0.25, 0.3) is 0 Å². The van der Waals surface area contributed by atoms with E-state index in [9.17, 15) is 0 Å². The largest absolute Gasteiger partial charge is 0.501 e. The summed E-state index contributed by atoms with van der Waals surface area (Å²) in [6, 6.07) is 33.7. The van der Waals surface area contributed by atoms with E-state index in [1.165, 1.54) is 59.2 Å². The van der Waals surface area contributed by atoms with Gasteiger partial charge in [-0.2, -0.15) is 0 Å². The molecule has 0 atom stereocenters. The van der Waals surface area contributed by atoms with Crippen molar-refractivity contribution in [3.63, 3.8) is 0 Å². The topological polar surface area (TPSA) is 38.9 Å². The number of aromatic nitrogens is 2. The van der Waals surface area contributed by atoms with Crippen molar-refractivity contribution in [2.75, 3.05) is 0 Å². The second-order valence-electron chi connectivity index (χ2n) is 12.4. The van der Waals surface area contributed by atoms with Gasteiger partial charge in [0, 0.05) is 46.0 Å². The van der Waals surface area contributed by atoms with Crippen LogP contribution in [0.5, 0.6) is 0 Å². The third-order valence-corrected chi connectivity index (χ3v) is 10.3. The van der Waals surface area contributed by atoms with Gasteiger partial charge in [0.15, 0.2) is 0 Å². The molecular weight excluding hydrogens is 721 g/mol. The summed E-state index contributed by atoms with van der Waals surface area (Å²) in [5, 5.41) is 3.88. The van der Waals surface area contributed by atoms with Crippen molar-refractivity contribution in [3.8, 4) is 22.5 Å². The molecule has 1 radical (unpaired) electrons. The molecule has 3 heterocycles. The number of aryl methyl sites for hydroxylation is 1. The van der Waals surface area contributed by atoms with Gasteiger partial charge in [-0.1, -0.05) is 91.8 Å². The summed E-state index contributed by atoms with van der Waals surface area (Å²) in [7, 11) is -1.55. The van der Waals surface area contributed by atoms with Crippen LogP contribution in [-0.2, 0) is 20.1 Å². The number of hydrogen-bond acceptors (Lipinski definition) is 3. The molecule has 0 saturated heterocycles. The molecule has 1 aliphatic rings. The van der Waals surface area contributed by atoms with Gasteiger partial charge in [-0.25, -0.2) is 0 Å². The summed E-state index contributed by atoms with van der Waals surface area (Å²) < 4.78 is 6.41. The Hall–Kier alpha value is -3.37. The van der Waals surface area contributed by atoms with Gasteiger partial charge in [-0.15, -0.1) is 53.2 Å². The Bertz CT molecular complexity index is 1800. The van der Waals surface area contributed by atoms with Crippen molar-refractivity contribution in [2.24, 2.45) is 0 Å². The van der Waals surface area contributed by atoms with E-state index >= 15 is 0 Å². The number of para-hydroxylation sites is 1. The molecule has 6 aromatic rings. The van der Waals surface area contributed by atoms with Gasteiger partial charge in [0.2, 0.25) is 0 Å². The van der Waals surface area contributed by atoms with E-state index in [4.69, 9.17) is 9.40 Å². The zero-order valence-corrected chi connectivity index (χ0v) is 28.8. The fourth-order valence-corrected chi connectivity index (χ4v) is 7.51. The first kappa shape index (κ1) is 31.1. The molecule has 5 heteroatoms. The van der Waals surface area contributed by atoms with Crippen molar-refractivity contribution in [3.05, 3.63) is 115 Å². The standard InChI is InChI=1S/C26H28NOSi.C12H10N.Ir/c1-29(2,3)24-14-13-20(26-25(24)21-11-7-8-12-23(21)28-26)22-17-19(15-16-27-22)18-9-5-4-6-10-18;1-10-7-8-12(13-9-10)11-5-3-2-4-6-11;/h7-8,11-12,14-18H,4-6,9-10H2,1-3H3;2-5,7-9H,1H3;/q2*-1;. The van der Waals surface area contributed by atoms with Gasteiger partial charge in [0.05, 0.1) is 5.58 Å². The molecule has 0 unspecified atom stereocenters. The Balaban J connectivity index is 0.000000221. The van der Waals surface area contributed by atoms with Crippen molar-refractivity contribution >= 4 is 35.2 Å². The number of fused-ring (bicyclic) bond motifs is 3. The zero-order valence-electron chi connectivity index (χ0n) is 25.4. The average Bonchev–Trinajstić information content (AvgIpc) is 3.41. The Morgan fingerprint density at radius 3 is 2.35 bits per heavy atom. The molecule has 0 amide bonds. The van der Waals surface area contributed by atoms with Crippen LogP contribution in [0.15, 0.2) is 95.7 Å². The molecule has 1 fully saturated rings. The van der Waals surface area contributed by atoms with Crippen molar-refractivity contribution < 1.29 is 24.5 Å². The van der Waals surface area contributed by atoms with Crippen LogP contribution in [0.1, 0.15) is 49.1 Å². The predicted molar refractivity (Wildman–Crippen MR) is 178 cm³/mol. The van der Waals surface area contributed by atoms with Crippen molar-refractivity contribution in [1.29, 1.82) is 0 Å². The van der Waals surface area contributed by atoms with E-state index in [2.05, 4.69) is 79.2 Å². The van der Waals surface area contributed by atoms with E-state index in [1.807, 2.05) is 55.7 Å². The summed E-state index contributed by atoms with van der Waals surface area (Å²) in [6.07, 6.45) is 10.5. The summed E-state index contributed by atoms with van der Waals surface area (Å²) in [5.41, 5.74) is 8.50. The van der Waals surface area contributed by atoms with E-state index < -0.39 is 8.07 Å². The van der Waals surface area contributed by atoms with E-state index in [0.29, 0.717) is 5.92 Å². The van der Waals surface area contributed by atoms with Crippen LogP contribution < -0.4 is 5.19 Å². The number of hydrogen-bond donors (Lipinski definition) is 0. The Morgan fingerprint density at radius 1 is 0.837 bits per heavy atom. The SMILES string of the molecule is C[Si](C)(C)c1c[c-]c(-c2cc(C3CCCCC3)ccn2)c2oc3ccccc3c12.Cc1ccc(-c2[c-]cccc2)nc1.[Ir]. The first-order chi connectivity index (χ1) is 20.4. The average molecular weight is 759 g/mol. The number of pyridine rings is 2. The molecule has 0 bridgehead atoms. The maximum Gasteiger partial charge on any atom is 0.120 e. The van der Waals surface area contributed by atoms with Gasteiger partial charge < -0.3 is 14.4 Å². The maximum atomic E-state index is 6.41. The van der Waals surface area contributed by atoms with Crippen LogP contribution in [-0.4, -0.2) is 18.0 Å². The van der Waals surface area contributed by atoms with Crippen LogP contribution >= 0.6 is 0 Å². The van der Waals surface area contributed by atoms with Crippen molar-refractivity contribution in [1.82, 2.24) is 9.97 Å². The van der Waals surface area contributed by atoms with Gasteiger partial charge in [0.1, 0.15) is 5.58 Å². The molecular formula is C38H38IrN2OSi-2. The first-order valence-electron chi connectivity index (χ1n) is 15.1. The minimum Gasteiger partial charge on any atom is -0.501 e. The molecule has 1 saturated carbocycles. The third kappa shape index (κ3) is 6.91. The fraction of sp³-hybridized carbons (Fsp3) is 0.263. The summed E-state index contributed by atoms with van der Waals surface area (Å²) in [4.78, 5) is 9.05. The monoisotopic (exact) mass is 759 g/mol. The smallest absolute Gasteiger partial charge is 0.120 e. The number of rotatable bonds is 4. The second-order valence-corrected chi connectivity index (χ2v) is 17.5. The van der Waals surface area contributed by atoms with Crippen LogP contribution in [0.2, 0.25) is 19.6 Å². The molecule has 43 heavy (non-hydrogen) atoms. The predicted octanol–water partition coefficient (Wildman–Crippen LogP) is 9.90. The molecule has 1 aliphatic carbocycles. The Morgan fingerprint density at radius 2 is 1.63 bits per heavy atom. The van der Waals surface area contributed by atoms with E-state index in [-0.39, 0.29) is 20.1 Å². The molecule has 3 nitrogen and oxygen atoms in total. The molecule has 221 valence electrons. The fourth-order valence-electron chi connectivity index (χ4n) is 6.01. The summed E-state index contributed by atoms with van der Waals surface area (Å²) in [6.45, 7) is 9.20. The maximum absolute atomic E-state index is 6.41. The Labute approximate surface area is 270 Å². The van der Waals surface area contributed by atoms with E-state index in [0.717, 1.165) is 33.7 Å². The number of benzene rings is 3. The molecule has 7 rings (SSSR count). The normalized spacial score (nSPS) is 13.8. The summed E-state index contributed by atoms with van der Waals surface area (Å²) in [5.74, 6) is 0.665. The number of nitrogens with zero attached hydrogens (tertiary/aromatic N) is 2. The molecule has 0 aliphatic heterocycles. The molecule has 3 aromatic heterocycles. The summed E-state index contributed by atoms with van der Waals surface area (Å²) >= 11 is 0. The minimum atomic E-state index is -1.55. The first-order valence-corrected chi connectivity index (χ1v) is 18.6. The van der Waals surface area contributed by atoms with Gasteiger partial charge in [-0.05, 0) is 54.8 Å². The van der Waals surface area contributed by atoms with Crippen LogP contribution in [0.25, 0.3) is 44.5 Å². The molecule has 0 N–H and O–H groups in total. The quantitative estimate of drug-likeness (QED) is 0.133. The van der Waals surface area contributed by atoms with Crippen LogP contribution in [0.3, 0.4) is 0 Å². The number of furan rings is 1. The second kappa shape index (κ2) is 13.5. The van der Waals surface area contributed by atoms with Gasteiger partial charge in [-0.3, -0.25) is 0 Å². The molecule has 0 spiro atoms. The molecule has 3 aromatic carbocycles. The van der Waals surface area contributed by atoms with Gasteiger partial charge >= 0.3 is 0 Å². The third-order valence-electron chi connectivity index (χ3n) is 8.27. The Kier molecular flexibility index (Phi) is 9.76. The van der Waals surface area contributed by atoms with Crippen LogP contribution in [0, 0.1) is 19.1 Å². The van der Waals surface area contributed by atoms with Crippen LogP contribution in [0.4, 0.5) is 0 Å². The van der Waals surface area contributed by atoms with Crippen molar-refractivity contribution in [2.45, 2.75) is 64.6 Å². The van der Waals surface area contributed by atoms with E-state index in [1.54, 1.807) is 0 Å².